The van der Waals surface area contributed by atoms with Gasteiger partial charge in [-0.15, -0.1) is 0 Å². The highest BCUT2D eigenvalue weighted by atomic mass is 15.2. The van der Waals surface area contributed by atoms with Crippen LogP contribution in [0.5, 0.6) is 0 Å². The number of benzene rings is 3. The average Bonchev–Trinajstić information content (AvgIpc) is 3.78. The molecule has 5 aromatic rings. The third-order valence-corrected chi connectivity index (χ3v) is 12.6. The summed E-state index contributed by atoms with van der Waals surface area (Å²) in [6, 6.07) is 22.0. The fourth-order valence-electron chi connectivity index (χ4n) is 9.34. The van der Waals surface area contributed by atoms with Crippen molar-refractivity contribution >= 4 is 22.1 Å². The average molecular weight is 671 g/mol. The van der Waals surface area contributed by atoms with Crippen LogP contribution in [-0.2, 0) is 58.7 Å². The maximum Gasteiger partial charge on any atom is 0.111 e. The number of hydrogen-bond donors (Lipinski definition) is 1. The zero-order valence-corrected chi connectivity index (χ0v) is 28.9. The molecule has 0 spiro atoms. The molecule has 0 saturated heterocycles. The van der Waals surface area contributed by atoms with Crippen LogP contribution in [0.15, 0.2) is 54.6 Å². The third-order valence-electron chi connectivity index (χ3n) is 12.6. The van der Waals surface area contributed by atoms with Gasteiger partial charge in [0.2, 0.25) is 0 Å². The van der Waals surface area contributed by atoms with E-state index in [2.05, 4.69) is 83.7 Å². The predicted molar refractivity (Wildman–Crippen MR) is 202 cm³/mol. The number of aromatic nitrogens is 4. The molecular formula is C42H54N8. The van der Waals surface area contributed by atoms with Crippen molar-refractivity contribution in [1.29, 1.82) is 0 Å². The summed E-state index contributed by atoms with van der Waals surface area (Å²) in [6.45, 7) is 12.1. The largest absolute Gasteiger partial charge is 0.327 e. The van der Waals surface area contributed by atoms with E-state index in [0.717, 1.165) is 70.7 Å². The lowest BCUT2D eigenvalue weighted by Crippen LogP contribution is -2.41. The second kappa shape index (κ2) is 13.5. The molecule has 0 atom stereocenters. The van der Waals surface area contributed by atoms with E-state index >= 15 is 0 Å². The Kier molecular flexibility index (Phi) is 8.76. The van der Waals surface area contributed by atoms with Gasteiger partial charge in [0, 0.05) is 96.9 Å². The summed E-state index contributed by atoms with van der Waals surface area (Å²) in [7, 11) is 0. The van der Waals surface area contributed by atoms with Crippen molar-refractivity contribution in [2.24, 2.45) is 0 Å². The topological polar surface area (TPSA) is 57.4 Å². The second-order valence-corrected chi connectivity index (χ2v) is 15.6. The van der Waals surface area contributed by atoms with E-state index in [1.807, 2.05) is 0 Å². The van der Waals surface area contributed by atoms with Crippen molar-refractivity contribution in [2.75, 3.05) is 26.2 Å². The van der Waals surface area contributed by atoms with Gasteiger partial charge in [-0.1, -0.05) is 50.6 Å². The summed E-state index contributed by atoms with van der Waals surface area (Å²) < 4.78 is 4.99. The standard InChI is InChI=1S/C24H28N4.C17H22N4.CH4/c1-2-5-18(6-3-1)15-26-16-19-13-22-23(14-20(19)17-26)28-12-11-27(21-7-4-8-21)10-9-24(28)25-22;1-2-14(3-1)20-5-4-17-19-15-8-12-10-18-11-13(12)9-16(15)21(17)7-6-20;/h1-3,5-6,13-14,21H,4,7-12,15-17H2;8-9,14,18H,1-7,10-11H2;1H4. The first-order valence-corrected chi connectivity index (χ1v) is 19.2. The molecule has 0 unspecified atom stereocenters. The molecule has 4 aliphatic heterocycles. The predicted octanol–water partition coefficient (Wildman–Crippen LogP) is 6.65. The van der Waals surface area contributed by atoms with Gasteiger partial charge in [0.05, 0.1) is 22.1 Å². The van der Waals surface area contributed by atoms with Crippen molar-refractivity contribution in [3.8, 4) is 0 Å². The maximum absolute atomic E-state index is 5.06. The van der Waals surface area contributed by atoms with Crippen LogP contribution in [0.2, 0.25) is 0 Å². The molecule has 3 aromatic carbocycles. The van der Waals surface area contributed by atoms with Crippen LogP contribution in [0.3, 0.4) is 0 Å². The summed E-state index contributed by atoms with van der Waals surface area (Å²) in [6.07, 6.45) is 10.6. The molecule has 8 heteroatoms. The van der Waals surface area contributed by atoms with Gasteiger partial charge in [-0.05, 0) is 77.8 Å². The van der Waals surface area contributed by atoms with Gasteiger partial charge in [-0.3, -0.25) is 14.7 Å². The molecule has 8 nitrogen and oxygen atoms in total. The molecule has 1 N–H and O–H groups in total. The van der Waals surface area contributed by atoms with Crippen molar-refractivity contribution < 1.29 is 0 Å². The first kappa shape index (κ1) is 32.4. The van der Waals surface area contributed by atoms with Crippen LogP contribution in [0.25, 0.3) is 22.1 Å². The SMILES string of the molecule is C.c1c2c(cc3c1nc1n3CCN(C3CCC3)CC1)CNC2.c1ccc(CN2Cc3cc4nc5n(c4cc3C2)CCN(C2CCC2)CC5)cc1. The highest BCUT2D eigenvalue weighted by Gasteiger charge is 2.29. The van der Waals surface area contributed by atoms with Gasteiger partial charge in [-0.2, -0.15) is 0 Å². The van der Waals surface area contributed by atoms with Crippen molar-refractivity contribution in [3.05, 3.63) is 94.1 Å². The van der Waals surface area contributed by atoms with Gasteiger partial charge < -0.3 is 14.5 Å². The zero-order valence-electron chi connectivity index (χ0n) is 28.9. The third kappa shape index (κ3) is 5.98. The van der Waals surface area contributed by atoms with Gasteiger partial charge >= 0.3 is 0 Å². The van der Waals surface area contributed by atoms with Crippen LogP contribution in [0.4, 0.5) is 0 Å². The Labute approximate surface area is 297 Å². The number of rotatable bonds is 4. The fraction of sp³-hybridized carbons (Fsp3) is 0.524. The zero-order chi connectivity index (χ0) is 32.3. The van der Waals surface area contributed by atoms with Crippen LogP contribution in [-0.4, -0.2) is 72.1 Å². The minimum Gasteiger partial charge on any atom is -0.327 e. The number of hydrogen-bond acceptors (Lipinski definition) is 6. The Bertz CT molecular complexity index is 1980. The van der Waals surface area contributed by atoms with E-state index in [0.29, 0.717) is 0 Å². The number of nitrogens with one attached hydrogen (secondary N) is 1. The molecule has 6 aliphatic rings. The second-order valence-electron chi connectivity index (χ2n) is 15.6. The molecule has 11 rings (SSSR count). The summed E-state index contributed by atoms with van der Waals surface area (Å²) in [5.74, 6) is 2.59. The molecule has 6 heterocycles. The molecule has 2 aromatic heterocycles. The number of fused-ring (bicyclic) bond motifs is 8. The Morgan fingerprint density at radius 2 is 1.12 bits per heavy atom. The lowest BCUT2D eigenvalue weighted by atomic mass is 9.91. The quantitative estimate of drug-likeness (QED) is 0.231. The van der Waals surface area contributed by atoms with E-state index in [-0.39, 0.29) is 7.43 Å². The lowest BCUT2D eigenvalue weighted by molar-refractivity contribution is 0.130. The van der Waals surface area contributed by atoms with E-state index in [9.17, 15) is 0 Å². The summed E-state index contributed by atoms with van der Waals surface area (Å²) in [5.41, 5.74) is 12.4. The minimum absolute atomic E-state index is 0. The van der Waals surface area contributed by atoms with Crippen LogP contribution in [0.1, 0.15) is 85.4 Å². The number of imidazole rings is 2. The minimum atomic E-state index is 0. The monoisotopic (exact) mass is 670 g/mol. The Morgan fingerprint density at radius 3 is 1.68 bits per heavy atom. The molecule has 262 valence electrons. The Hall–Kier alpha value is -3.56. The van der Waals surface area contributed by atoms with Crippen molar-refractivity contribution in [3.63, 3.8) is 0 Å². The highest BCUT2D eigenvalue weighted by molar-refractivity contribution is 5.79. The van der Waals surface area contributed by atoms with Crippen LogP contribution >= 0.6 is 0 Å². The smallest absolute Gasteiger partial charge is 0.111 e. The van der Waals surface area contributed by atoms with E-state index < -0.39 is 0 Å². The molecule has 0 radical (unpaired) electrons. The van der Waals surface area contributed by atoms with Gasteiger partial charge in [-0.25, -0.2) is 9.97 Å². The normalized spacial score (nSPS) is 21.2. The van der Waals surface area contributed by atoms with Gasteiger partial charge in [0.15, 0.2) is 0 Å². The van der Waals surface area contributed by atoms with Crippen LogP contribution < -0.4 is 5.32 Å². The molecule has 50 heavy (non-hydrogen) atoms. The Morgan fingerprint density at radius 1 is 0.600 bits per heavy atom. The summed E-state index contributed by atoms with van der Waals surface area (Å²) in [5, 5.41) is 3.44. The lowest BCUT2D eigenvalue weighted by Gasteiger charge is -2.36. The highest BCUT2D eigenvalue weighted by Crippen LogP contribution is 2.32. The Balaban J connectivity index is 0.000000137. The molecule has 2 aliphatic carbocycles. The number of nitrogens with zero attached hydrogens (tertiary/aromatic N) is 7. The molecule has 0 bridgehead atoms. The molecule has 0 amide bonds. The van der Waals surface area contributed by atoms with Gasteiger partial charge in [0.1, 0.15) is 11.6 Å². The molecular weight excluding hydrogens is 617 g/mol. The van der Waals surface area contributed by atoms with Crippen molar-refractivity contribution in [2.45, 2.75) is 117 Å². The van der Waals surface area contributed by atoms with E-state index in [4.69, 9.17) is 9.97 Å². The maximum atomic E-state index is 5.06. The first-order chi connectivity index (χ1) is 24.2. The first-order valence-electron chi connectivity index (χ1n) is 19.2. The van der Waals surface area contributed by atoms with Gasteiger partial charge in [0.25, 0.3) is 0 Å². The van der Waals surface area contributed by atoms with E-state index in [1.165, 1.54) is 126 Å². The molecule has 2 saturated carbocycles. The van der Waals surface area contributed by atoms with Crippen LogP contribution in [0, 0.1) is 0 Å². The van der Waals surface area contributed by atoms with E-state index in [1.54, 1.807) is 0 Å². The molecule has 2 fully saturated rings. The summed E-state index contributed by atoms with van der Waals surface area (Å²) in [4.78, 5) is 17.9. The summed E-state index contributed by atoms with van der Waals surface area (Å²) >= 11 is 0. The van der Waals surface area contributed by atoms with Crippen molar-refractivity contribution in [1.82, 2.24) is 39.1 Å². The fourth-order valence-corrected chi connectivity index (χ4v) is 9.34.